The van der Waals surface area contributed by atoms with Crippen molar-refractivity contribution in [2.45, 2.75) is 25.5 Å². The van der Waals surface area contributed by atoms with Crippen LogP contribution in [0, 0.1) is 0 Å². The van der Waals surface area contributed by atoms with Crippen LogP contribution in [0.15, 0.2) is 24.3 Å². The molecular weight excluding hydrogens is 342 g/mol. The number of piperazine rings is 1. The van der Waals surface area contributed by atoms with E-state index >= 15 is 0 Å². The SMILES string of the molecule is O=C(C[NH+]1CCN(C(=O)[C@H]2CCCO2)CC1)NCc1ccc(Cl)cc1. The minimum atomic E-state index is -0.246. The van der Waals surface area contributed by atoms with Gasteiger partial charge in [0, 0.05) is 18.2 Å². The lowest BCUT2D eigenvalue weighted by atomic mass is 10.2. The molecule has 6 nitrogen and oxygen atoms in total. The first kappa shape index (κ1) is 18.2. The van der Waals surface area contributed by atoms with Crippen molar-refractivity contribution in [3.8, 4) is 0 Å². The van der Waals surface area contributed by atoms with Crippen LogP contribution in [0.2, 0.25) is 5.02 Å². The van der Waals surface area contributed by atoms with Crippen LogP contribution in [0.4, 0.5) is 0 Å². The number of hydrogen-bond acceptors (Lipinski definition) is 3. The van der Waals surface area contributed by atoms with Crippen LogP contribution in [0.1, 0.15) is 18.4 Å². The zero-order chi connectivity index (χ0) is 17.6. The first-order valence-electron chi connectivity index (χ1n) is 8.87. The maximum Gasteiger partial charge on any atom is 0.275 e. The molecule has 2 heterocycles. The predicted octanol–water partition coefficient (Wildman–Crippen LogP) is -0.138. The fourth-order valence-electron chi connectivity index (χ4n) is 3.29. The van der Waals surface area contributed by atoms with Gasteiger partial charge in [0.15, 0.2) is 6.54 Å². The van der Waals surface area contributed by atoms with Crippen LogP contribution in [0.25, 0.3) is 0 Å². The highest BCUT2D eigenvalue weighted by Crippen LogP contribution is 2.14. The average molecular weight is 367 g/mol. The van der Waals surface area contributed by atoms with Gasteiger partial charge in [-0.1, -0.05) is 23.7 Å². The number of benzene rings is 1. The predicted molar refractivity (Wildman–Crippen MR) is 94.4 cm³/mol. The van der Waals surface area contributed by atoms with Crippen LogP contribution >= 0.6 is 11.6 Å². The summed E-state index contributed by atoms with van der Waals surface area (Å²) in [5, 5.41) is 3.63. The summed E-state index contributed by atoms with van der Waals surface area (Å²) in [6.07, 6.45) is 1.55. The van der Waals surface area contributed by atoms with E-state index in [0.29, 0.717) is 37.8 Å². The molecule has 2 N–H and O–H groups in total. The van der Waals surface area contributed by atoms with Crippen molar-refractivity contribution in [3.63, 3.8) is 0 Å². The topological polar surface area (TPSA) is 63.1 Å². The number of ether oxygens (including phenoxy) is 1. The third-order valence-electron chi connectivity index (χ3n) is 4.80. The summed E-state index contributed by atoms with van der Waals surface area (Å²) in [6, 6.07) is 7.45. The van der Waals surface area contributed by atoms with Crippen molar-refractivity contribution in [3.05, 3.63) is 34.9 Å². The lowest BCUT2D eigenvalue weighted by Crippen LogP contribution is -3.15. The summed E-state index contributed by atoms with van der Waals surface area (Å²) in [5.41, 5.74) is 1.03. The van der Waals surface area contributed by atoms with Gasteiger partial charge >= 0.3 is 0 Å². The third-order valence-corrected chi connectivity index (χ3v) is 5.05. The van der Waals surface area contributed by atoms with E-state index in [9.17, 15) is 9.59 Å². The highest BCUT2D eigenvalue weighted by molar-refractivity contribution is 6.30. The number of hydrogen-bond donors (Lipinski definition) is 2. The van der Waals surface area contributed by atoms with E-state index in [2.05, 4.69) is 5.32 Å². The minimum Gasteiger partial charge on any atom is -0.368 e. The number of nitrogens with zero attached hydrogens (tertiary/aromatic N) is 1. The van der Waals surface area contributed by atoms with Gasteiger partial charge in [-0.3, -0.25) is 9.59 Å². The molecule has 0 spiro atoms. The molecule has 0 aliphatic carbocycles. The van der Waals surface area contributed by atoms with E-state index in [4.69, 9.17) is 16.3 Å². The Kier molecular flexibility index (Phi) is 6.29. The maximum absolute atomic E-state index is 12.3. The molecule has 2 aliphatic rings. The Bertz CT molecular complexity index is 594. The lowest BCUT2D eigenvalue weighted by Gasteiger charge is -2.33. The van der Waals surface area contributed by atoms with Gasteiger partial charge in [-0.05, 0) is 30.5 Å². The molecule has 0 saturated carbocycles. The monoisotopic (exact) mass is 366 g/mol. The molecule has 136 valence electrons. The van der Waals surface area contributed by atoms with Crippen LogP contribution in [0.5, 0.6) is 0 Å². The number of nitrogens with one attached hydrogen (secondary N) is 2. The summed E-state index contributed by atoms with van der Waals surface area (Å²) in [5.74, 6) is 0.146. The maximum atomic E-state index is 12.3. The molecule has 0 aromatic heterocycles. The van der Waals surface area contributed by atoms with E-state index in [1.54, 1.807) is 0 Å². The number of quaternary nitrogens is 1. The van der Waals surface area contributed by atoms with Gasteiger partial charge in [-0.15, -0.1) is 0 Å². The van der Waals surface area contributed by atoms with E-state index in [-0.39, 0.29) is 17.9 Å². The fraction of sp³-hybridized carbons (Fsp3) is 0.556. The number of carbonyl (C=O) groups excluding carboxylic acids is 2. The molecular formula is C18H25ClN3O3+. The summed E-state index contributed by atoms with van der Waals surface area (Å²) < 4.78 is 5.47. The first-order chi connectivity index (χ1) is 12.1. The largest absolute Gasteiger partial charge is 0.368 e. The Morgan fingerprint density at radius 1 is 1.24 bits per heavy atom. The van der Waals surface area contributed by atoms with Crippen molar-refractivity contribution in [2.24, 2.45) is 0 Å². The molecule has 2 amide bonds. The number of rotatable bonds is 5. The summed E-state index contributed by atoms with van der Waals surface area (Å²) in [7, 11) is 0. The van der Waals surface area contributed by atoms with Crippen molar-refractivity contribution < 1.29 is 19.2 Å². The van der Waals surface area contributed by atoms with Gasteiger partial charge < -0.3 is 19.9 Å². The van der Waals surface area contributed by atoms with E-state index in [1.807, 2.05) is 29.2 Å². The van der Waals surface area contributed by atoms with Crippen molar-refractivity contribution >= 4 is 23.4 Å². The fourth-order valence-corrected chi connectivity index (χ4v) is 3.41. The second-order valence-electron chi connectivity index (χ2n) is 6.66. The molecule has 2 aliphatic heterocycles. The molecule has 2 fully saturated rings. The third kappa shape index (κ3) is 5.17. The molecule has 0 unspecified atom stereocenters. The Balaban J connectivity index is 1.37. The van der Waals surface area contributed by atoms with E-state index in [1.165, 1.54) is 4.90 Å². The van der Waals surface area contributed by atoms with Gasteiger partial charge in [-0.2, -0.15) is 0 Å². The van der Waals surface area contributed by atoms with Crippen LogP contribution < -0.4 is 10.2 Å². The molecule has 1 atom stereocenters. The zero-order valence-corrected chi connectivity index (χ0v) is 15.1. The van der Waals surface area contributed by atoms with Gasteiger partial charge in [0.2, 0.25) is 0 Å². The first-order valence-corrected chi connectivity index (χ1v) is 9.25. The molecule has 25 heavy (non-hydrogen) atoms. The van der Waals surface area contributed by atoms with E-state index < -0.39 is 0 Å². The molecule has 1 aromatic carbocycles. The highest BCUT2D eigenvalue weighted by atomic mass is 35.5. The molecule has 3 rings (SSSR count). The minimum absolute atomic E-state index is 0.0313. The summed E-state index contributed by atoms with van der Waals surface area (Å²) >= 11 is 5.85. The number of carbonyl (C=O) groups is 2. The normalized spacial score (nSPS) is 21.3. The molecule has 7 heteroatoms. The van der Waals surface area contributed by atoms with Gasteiger partial charge in [0.05, 0.1) is 26.2 Å². The Morgan fingerprint density at radius 3 is 2.60 bits per heavy atom. The van der Waals surface area contributed by atoms with Crippen LogP contribution in [0.3, 0.4) is 0 Å². The quantitative estimate of drug-likeness (QED) is 0.762. The smallest absolute Gasteiger partial charge is 0.275 e. The Morgan fingerprint density at radius 2 is 1.96 bits per heavy atom. The average Bonchev–Trinajstić information content (AvgIpc) is 3.16. The van der Waals surface area contributed by atoms with Gasteiger partial charge in [0.25, 0.3) is 11.8 Å². The molecule has 1 aromatic rings. The van der Waals surface area contributed by atoms with Gasteiger partial charge in [0.1, 0.15) is 6.10 Å². The summed E-state index contributed by atoms with van der Waals surface area (Å²) in [6.45, 7) is 4.62. The number of halogens is 1. The molecule has 2 saturated heterocycles. The second kappa shape index (κ2) is 8.65. The zero-order valence-electron chi connectivity index (χ0n) is 14.3. The standard InChI is InChI=1S/C18H24ClN3O3/c19-15-5-3-14(4-6-15)12-20-17(23)13-21-7-9-22(10-8-21)18(24)16-2-1-11-25-16/h3-6,16H,1-2,7-13H2,(H,20,23)/p+1/t16-/m1/s1. The second-order valence-corrected chi connectivity index (χ2v) is 7.09. The lowest BCUT2D eigenvalue weighted by molar-refractivity contribution is -0.896. The van der Waals surface area contributed by atoms with Crippen molar-refractivity contribution in [1.82, 2.24) is 10.2 Å². The molecule has 0 bridgehead atoms. The van der Waals surface area contributed by atoms with E-state index in [0.717, 1.165) is 31.5 Å². The Labute approximate surface area is 153 Å². The molecule has 0 radical (unpaired) electrons. The van der Waals surface area contributed by atoms with Crippen LogP contribution in [-0.4, -0.2) is 62.1 Å². The highest BCUT2D eigenvalue weighted by Gasteiger charge is 2.31. The van der Waals surface area contributed by atoms with Gasteiger partial charge in [-0.25, -0.2) is 0 Å². The van der Waals surface area contributed by atoms with Crippen molar-refractivity contribution in [1.29, 1.82) is 0 Å². The Hall–Kier alpha value is -1.63. The van der Waals surface area contributed by atoms with Crippen molar-refractivity contribution in [2.75, 3.05) is 39.3 Å². The summed E-state index contributed by atoms with van der Waals surface area (Å²) in [4.78, 5) is 27.5. The van der Waals surface area contributed by atoms with Crippen LogP contribution in [-0.2, 0) is 20.9 Å². The number of amides is 2.